The van der Waals surface area contributed by atoms with Gasteiger partial charge in [0, 0.05) is 15.0 Å². The summed E-state index contributed by atoms with van der Waals surface area (Å²) < 4.78 is 6.39. The summed E-state index contributed by atoms with van der Waals surface area (Å²) in [7, 11) is 1.35. The van der Waals surface area contributed by atoms with Crippen LogP contribution in [0.3, 0.4) is 0 Å². The molecule has 6 heteroatoms. The molecule has 1 aromatic carbocycles. The first-order valence-corrected chi connectivity index (χ1v) is 5.90. The molecule has 3 nitrogen and oxygen atoms in total. The van der Waals surface area contributed by atoms with Gasteiger partial charge in [-0.1, -0.05) is 31.9 Å². The average Bonchev–Trinajstić information content (AvgIpc) is 2.21. The van der Waals surface area contributed by atoms with Gasteiger partial charge in [0.2, 0.25) is 0 Å². The summed E-state index contributed by atoms with van der Waals surface area (Å²) >= 11 is 6.75. The Morgan fingerprint density at radius 3 is 2.69 bits per heavy atom. The molecule has 0 aliphatic carbocycles. The van der Waals surface area contributed by atoms with Gasteiger partial charge in [0.1, 0.15) is 0 Å². The largest absolute Gasteiger partial charge is 0.469 e. The Hall–Kier alpha value is -0.100. The molecule has 0 unspecified atom stereocenters. The van der Waals surface area contributed by atoms with Gasteiger partial charge in [-0.05, 0) is 23.8 Å². The monoisotopic (exact) mass is 371 g/mol. The zero-order valence-corrected chi connectivity index (χ0v) is 12.6. The highest BCUT2D eigenvalue weighted by Gasteiger charge is 2.14. The molecule has 0 saturated carbocycles. The molecule has 2 N–H and O–H groups in total. The van der Waals surface area contributed by atoms with Crippen molar-refractivity contribution in [3.8, 4) is 0 Å². The van der Waals surface area contributed by atoms with Crippen LogP contribution in [0.1, 0.15) is 18.0 Å². The summed E-state index contributed by atoms with van der Waals surface area (Å²) in [6, 6.07) is 5.32. The van der Waals surface area contributed by atoms with Crippen LogP contribution in [0, 0.1) is 0 Å². The van der Waals surface area contributed by atoms with Gasteiger partial charge in [0.15, 0.2) is 0 Å². The minimum absolute atomic E-state index is 0. The van der Waals surface area contributed by atoms with Crippen LogP contribution in [-0.2, 0) is 9.53 Å². The van der Waals surface area contributed by atoms with E-state index in [0.717, 1.165) is 14.5 Å². The highest BCUT2D eigenvalue weighted by atomic mass is 79.9. The first-order chi connectivity index (χ1) is 7.04. The maximum Gasteiger partial charge on any atom is 0.307 e. The van der Waals surface area contributed by atoms with Gasteiger partial charge in [0.05, 0.1) is 13.5 Å². The molecule has 0 spiro atoms. The predicted octanol–water partition coefficient (Wildman–Crippen LogP) is 3.20. The van der Waals surface area contributed by atoms with Crippen molar-refractivity contribution in [2.75, 3.05) is 7.11 Å². The topological polar surface area (TPSA) is 52.3 Å². The number of hydrogen-bond donors (Lipinski definition) is 1. The molecule has 0 fully saturated rings. The van der Waals surface area contributed by atoms with E-state index in [4.69, 9.17) is 5.73 Å². The van der Waals surface area contributed by atoms with E-state index in [2.05, 4.69) is 36.6 Å². The van der Waals surface area contributed by atoms with Crippen LogP contribution < -0.4 is 5.73 Å². The highest BCUT2D eigenvalue weighted by molar-refractivity contribution is 9.11. The van der Waals surface area contributed by atoms with Crippen LogP contribution in [0.4, 0.5) is 0 Å². The maximum absolute atomic E-state index is 11.1. The van der Waals surface area contributed by atoms with E-state index in [1.54, 1.807) is 0 Å². The zero-order valence-electron chi connectivity index (χ0n) is 8.57. The minimum Gasteiger partial charge on any atom is -0.469 e. The predicted molar refractivity (Wildman–Crippen MR) is 72.7 cm³/mol. The minimum atomic E-state index is -0.357. The van der Waals surface area contributed by atoms with Crippen molar-refractivity contribution in [1.29, 1.82) is 0 Å². The van der Waals surface area contributed by atoms with Crippen molar-refractivity contribution in [3.63, 3.8) is 0 Å². The third-order valence-corrected chi connectivity index (χ3v) is 3.19. The quantitative estimate of drug-likeness (QED) is 0.828. The molecule has 16 heavy (non-hydrogen) atoms. The van der Waals surface area contributed by atoms with Crippen LogP contribution >= 0.6 is 44.3 Å². The van der Waals surface area contributed by atoms with E-state index in [0.29, 0.717) is 0 Å². The summed E-state index contributed by atoms with van der Waals surface area (Å²) in [4.78, 5) is 11.1. The van der Waals surface area contributed by atoms with E-state index in [9.17, 15) is 4.79 Å². The number of carbonyl (C=O) groups excluding carboxylic acids is 1. The first-order valence-electron chi connectivity index (χ1n) is 4.32. The molecule has 0 aromatic heterocycles. The number of hydrogen-bond acceptors (Lipinski definition) is 3. The van der Waals surface area contributed by atoms with Crippen molar-refractivity contribution in [2.45, 2.75) is 12.5 Å². The maximum atomic E-state index is 11.1. The zero-order chi connectivity index (χ0) is 11.4. The van der Waals surface area contributed by atoms with Crippen molar-refractivity contribution in [1.82, 2.24) is 0 Å². The number of halogens is 3. The second kappa shape index (κ2) is 7.27. The smallest absolute Gasteiger partial charge is 0.307 e. The van der Waals surface area contributed by atoms with Gasteiger partial charge in [0.25, 0.3) is 0 Å². The van der Waals surface area contributed by atoms with Gasteiger partial charge in [-0.25, -0.2) is 0 Å². The fourth-order valence-corrected chi connectivity index (χ4v) is 2.09. The normalized spacial score (nSPS) is 11.5. The number of rotatable bonds is 3. The van der Waals surface area contributed by atoms with Gasteiger partial charge in [-0.2, -0.15) is 0 Å². The molecule has 0 radical (unpaired) electrons. The summed E-state index contributed by atoms with van der Waals surface area (Å²) in [5.41, 5.74) is 6.77. The Bertz CT molecular complexity index is 374. The number of esters is 1. The molecule has 1 rings (SSSR count). The Balaban J connectivity index is 0.00000225. The average molecular weight is 373 g/mol. The third-order valence-electron chi connectivity index (χ3n) is 1.97. The highest BCUT2D eigenvalue weighted by Crippen LogP contribution is 2.27. The summed E-state index contributed by atoms with van der Waals surface area (Å²) in [5.74, 6) is -0.311. The number of nitrogens with two attached hydrogens (primary N) is 1. The van der Waals surface area contributed by atoms with Gasteiger partial charge < -0.3 is 10.5 Å². The summed E-state index contributed by atoms with van der Waals surface area (Å²) in [6.07, 6.45) is 0.172. The first kappa shape index (κ1) is 15.9. The van der Waals surface area contributed by atoms with E-state index < -0.39 is 0 Å². The molecule has 0 bridgehead atoms. The lowest BCUT2D eigenvalue weighted by atomic mass is 10.1. The SMILES string of the molecule is COC(=O)C[C@@H](N)c1cc(Br)ccc1Br.Cl. The molecule has 90 valence electrons. The number of carbonyl (C=O) groups is 1. The fraction of sp³-hybridized carbons (Fsp3) is 0.300. The van der Waals surface area contributed by atoms with Crippen LogP contribution in [0.2, 0.25) is 0 Å². The molecule has 0 aliphatic heterocycles. The van der Waals surface area contributed by atoms with Crippen LogP contribution in [0.25, 0.3) is 0 Å². The van der Waals surface area contributed by atoms with Crippen molar-refractivity contribution in [3.05, 3.63) is 32.7 Å². The molecular formula is C10H12Br2ClNO2. The second-order valence-corrected chi connectivity index (χ2v) is 4.82. The Morgan fingerprint density at radius 2 is 2.12 bits per heavy atom. The second-order valence-electron chi connectivity index (χ2n) is 3.05. The molecule has 1 aromatic rings. The number of ether oxygens (including phenoxy) is 1. The molecule has 0 heterocycles. The standard InChI is InChI=1S/C10H11Br2NO2.ClH/c1-15-10(14)5-9(13)7-4-6(11)2-3-8(7)12;/h2-4,9H,5,13H2,1H3;1H/t9-;/m1./s1. The Morgan fingerprint density at radius 1 is 1.50 bits per heavy atom. The van der Waals surface area contributed by atoms with E-state index in [1.807, 2.05) is 18.2 Å². The molecule has 0 amide bonds. The molecule has 1 atom stereocenters. The van der Waals surface area contributed by atoms with Crippen molar-refractivity contribution < 1.29 is 9.53 Å². The summed E-state index contributed by atoms with van der Waals surface area (Å²) in [5, 5.41) is 0. The lowest BCUT2D eigenvalue weighted by molar-refractivity contribution is -0.141. The van der Waals surface area contributed by atoms with Crippen LogP contribution in [-0.4, -0.2) is 13.1 Å². The van der Waals surface area contributed by atoms with E-state index >= 15 is 0 Å². The Kier molecular flexibility index (Phi) is 7.22. The number of benzene rings is 1. The van der Waals surface area contributed by atoms with Crippen molar-refractivity contribution in [2.24, 2.45) is 5.73 Å². The third kappa shape index (κ3) is 4.41. The fourth-order valence-electron chi connectivity index (χ4n) is 1.17. The molecule has 0 saturated heterocycles. The lowest BCUT2D eigenvalue weighted by Crippen LogP contribution is -2.16. The molecular weight excluding hydrogens is 361 g/mol. The van der Waals surface area contributed by atoms with E-state index in [1.165, 1.54) is 7.11 Å². The van der Waals surface area contributed by atoms with Gasteiger partial charge in [-0.15, -0.1) is 12.4 Å². The van der Waals surface area contributed by atoms with Gasteiger partial charge >= 0.3 is 5.97 Å². The van der Waals surface area contributed by atoms with E-state index in [-0.39, 0.29) is 30.8 Å². The molecule has 0 aliphatic rings. The van der Waals surface area contributed by atoms with Crippen LogP contribution in [0.15, 0.2) is 27.1 Å². The summed E-state index contributed by atoms with van der Waals surface area (Å²) in [6.45, 7) is 0. The van der Waals surface area contributed by atoms with Crippen LogP contribution in [0.5, 0.6) is 0 Å². The Labute approximate surface area is 117 Å². The number of methoxy groups -OCH3 is 1. The van der Waals surface area contributed by atoms with Gasteiger partial charge in [-0.3, -0.25) is 4.79 Å². The van der Waals surface area contributed by atoms with Crippen molar-refractivity contribution >= 4 is 50.2 Å². The lowest BCUT2D eigenvalue weighted by Gasteiger charge is -2.12.